The van der Waals surface area contributed by atoms with Gasteiger partial charge in [-0.2, -0.15) is 5.26 Å². The van der Waals surface area contributed by atoms with Crippen molar-refractivity contribution in [3.63, 3.8) is 0 Å². The van der Waals surface area contributed by atoms with Gasteiger partial charge in [0.05, 0.1) is 12.5 Å². The molecule has 80 valence electrons. The number of carbonyl (C=O) groups excluding carboxylic acids is 1. The summed E-state index contributed by atoms with van der Waals surface area (Å²) in [5.74, 6) is 0.111. The van der Waals surface area contributed by atoms with Crippen LogP contribution >= 0.6 is 0 Å². The first kappa shape index (κ1) is 12.9. The third-order valence-corrected chi connectivity index (χ3v) is 1.97. The number of rotatable bonds is 7. The SMILES string of the molecule is CCN(CCC#N)C(=O)CCCOC. The molecule has 0 unspecified atom stereocenters. The molecule has 0 N–H and O–H groups in total. The summed E-state index contributed by atoms with van der Waals surface area (Å²) in [5.41, 5.74) is 0. The molecule has 0 aliphatic carbocycles. The molecule has 0 rings (SSSR count). The van der Waals surface area contributed by atoms with E-state index in [2.05, 4.69) is 0 Å². The Labute approximate surface area is 85.5 Å². The molecule has 0 aromatic carbocycles. The molecule has 4 heteroatoms. The van der Waals surface area contributed by atoms with Crippen molar-refractivity contribution in [3.8, 4) is 6.07 Å². The Morgan fingerprint density at radius 3 is 2.79 bits per heavy atom. The van der Waals surface area contributed by atoms with Gasteiger partial charge in [-0.15, -0.1) is 0 Å². The Balaban J connectivity index is 3.74. The summed E-state index contributed by atoms with van der Waals surface area (Å²) in [4.78, 5) is 13.2. The molecule has 0 aromatic rings. The second kappa shape index (κ2) is 8.52. The second-order valence-electron chi connectivity index (χ2n) is 2.98. The van der Waals surface area contributed by atoms with Crippen molar-refractivity contribution in [1.82, 2.24) is 4.90 Å². The van der Waals surface area contributed by atoms with Crippen LogP contribution in [0.25, 0.3) is 0 Å². The first-order chi connectivity index (χ1) is 6.76. The molecule has 0 spiro atoms. The molecule has 0 bridgehead atoms. The molecule has 4 nitrogen and oxygen atoms in total. The molecule has 0 radical (unpaired) electrons. The normalized spacial score (nSPS) is 9.50. The smallest absolute Gasteiger partial charge is 0.222 e. The van der Waals surface area contributed by atoms with Gasteiger partial charge in [0, 0.05) is 33.2 Å². The van der Waals surface area contributed by atoms with Gasteiger partial charge in [0.2, 0.25) is 5.91 Å². The Hall–Kier alpha value is -1.08. The van der Waals surface area contributed by atoms with Crippen LogP contribution in [0, 0.1) is 11.3 Å². The minimum Gasteiger partial charge on any atom is -0.385 e. The Morgan fingerprint density at radius 1 is 1.57 bits per heavy atom. The van der Waals surface area contributed by atoms with E-state index in [1.165, 1.54) is 0 Å². The van der Waals surface area contributed by atoms with E-state index in [1.54, 1.807) is 12.0 Å². The van der Waals surface area contributed by atoms with Crippen molar-refractivity contribution in [2.45, 2.75) is 26.2 Å². The lowest BCUT2D eigenvalue weighted by Crippen LogP contribution is -2.31. The number of nitrogens with zero attached hydrogens (tertiary/aromatic N) is 2. The highest BCUT2D eigenvalue weighted by Crippen LogP contribution is 1.99. The number of methoxy groups -OCH3 is 1. The highest BCUT2D eigenvalue weighted by atomic mass is 16.5. The third kappa shape index (κ3) is 5.55. The summed E-state index contributed by atoms with van der Waals surface area (Å²) in [7, 11) is 1.62. The van der Waals surface area contributed by atoms with Crippen molar-refractivity contribution in [2.75, 3.05) is 26.8 Å². The van der Waals surface area contributed by atoms with Gasteiger partial charge >= 0.3 is 0 Å². The lowest BCUT2D eigenvalue weighted by atomic mass is 10.2. The zero-order chi connectivity index (χ0) is 10.8. The van der Waals surface area contributed by atoms with E-state index in [9.17, 15) is 4.79 Å². The lowest BCUT2D eigenvalue weighted by Gasteiger charge is -2.19. The summed E-state index contributed by atoms with van der Waals surface area (Å²) in [6, 6.07) is 2.04. The number of amides is 1. The maximum Gasteiger partial charge on any atom is 0.222 e. The largest absolute Gasteiger partial charge is 0.385 e. The fourth-order valence-corrected chi connectivity index (χ4v) is 1.17. The van der Waals surface area contributed by atoms with Gasteiger partial charge in [-0.25, -0.2) is 0 Å². The van der Waals surface area contributed by atoms with E-state index in [-0.39, 0.29) is 5.91 Å². The molecule has 0 fully saturated rings. The summed E-state index contributed by atoms with van der Waals surface area (Å²) in [6.07, 6.45) is 1.66. The van der Waals surface area contributed by atoms with Crippen LogP contribution in [-0.2, 0) is 9.53 Å². The van der Waals surface area contributed by atoms with Crippen molar-refractivity contribution in [2.24, 2.45) is 0 Å². The van der Waals surface area contributed by atoms with Crippen LogP contribution in [0.15, 0.2) is 0 Å². The minimum atomic E-state index is 0.111. The molecule has 0 atom stereocenters. The quantitative estimate of drug-likeness (QED) is 0.577. The van der Waals surface area contributed by atoms with Gasteiger partial charge in [0.25, 0.3) is 0 Å². The molecule has 0 aliphatic rings. The maximum atomic E-state index is 11.5. The van der Waals surface area contributed by atoms with Crippen LogP contribution in [0.3, 0.4) is 0 Å². The maximum absolute atomic E-state index is 11.5. The van der Waals surface area contributed by atoms with Crippen LogP contribution in [0.5, 0.6) is 0 Å². The first-order valence-corrected chi connectivity index (χ1v) is 4.89. The van der Waals surface area contributed by atoms with Crippen LogP contribution in [0.2, 0.25) is 0 Å². The van der Waals surface area contributed by atoms with Crippen LogP contribution in [0.4, 0.5) is 0 Å². The van der Waals surface area contributed by atoms with E-state index in [0.29, 0.717) is 32.5 Å². The molecule has 0 aromatic heterocycles. The standard InChI is InChI=1S/C10H18N2O2/c1-3-12(8-5-7-11)10(13)6-4-9-14-2/h3-6,8-9H2,1-2H3. The average molecular weight is 198 g/mol. The third-order valence-electron chi connectivity index (χ3n) is 1.97. The van der Waals surface area contributed by atoms with Crippen molar-refractivity contribution < 1.29 is 9.53 Å². The Kier molecular flexibility index (Phi) is 7.86. The molecule has 14 heavy (non-hydrogen) atoms. The van der Waals surface area contributed by atoms with Gasteiger partial charge in [-0.05, 0) is 13.3 Å². The first-order valence-electron chi connectivity index (χ1n) is 4.89. The molecule has 1 amide bonds. The average Bonchev–Trinajstić information content (AvgIpc) is 2.19. The highest BCUT2D eigenvalue weighted by molar-refractivity contribution is 5.76. The fraction of sp³-hybridized carbons (Fsp3) is 0.800. The topological polar surface area (TPSA) is 53.3 Å². The van der Waals surface area contributed by atoms with Crippen molar-refractivity contribution in [3.05, 3.63) is 0 Å². The molecule has 0 heterocycles. The van der Waals surface area contributed by atoms with E-state index in [4.69, 9.17) is 10.00 Å². The molecule has 0 aliphatic heterocycles. The summed E-state index contributed by atoms with van der Waals surface area (Å²) in [5, 5.41) is 8.40. The van der Waals surface area contributed by atoms with E-state index < -0.39 is 0 Å². The van der Waals surface area contributed by atoms with Gasteiger partial charge in [0.15, 0.2) is 0 Å². The van der Waals surface area contributed by atoms with E-state index in [0.717, 1.165) is 6.42 Å². The van der Waals surface area contributed by atoms with Gasteiger partial charge in [0.1, 0.15) is 0 Å². The number of ether oxygens (including phenoxy) is 1. The predicted molar refractivity (Wildman–Crippen MR) is 53.6 cm³/mol. The monoisotopic (exact) mass is 198 g/mol. The number of carbonyl (C=O) groups is 1. The summed E-state index contributed by atoms with van der Waals surface area (Å²) >= 11 is 0. The summed E-state index contributed by atoms with van der Waals surface area (Å²) in [6.45, 7) is 3.75. The molecule has 0 saturated heterocycles. The zero-order valence-corrected chi connectivity index (χ0v) is 8.95. The summed E-state index contributed by atoms with van der Waals surface area (Å²) < 4.78 is 4.86. The van der Waals surface area contributed by atoms with Gasteiger partial charge < -0.3 is 9.64 Å². The predicted octanol–water partition coefficient (Wildman–Crippen LogP) is 1.18. The van der Waals surface area contributed by atoms with Crippen LogP contribution < -0.4 is 0 Å². The fourth-order valence-electron chi connectivity index (χ4n) is 1.17. The highest BCUT2D eigenvalue weighted by Gasteiger charge is 2.09. The van der Waals surface area contributed by atoms with E-state index >= 15 is 0 Å². The second-order valence-corrected chi connectivity index (χ2v) is 2.98. The lowest BCUT2D eigenvalue weighted by molar-refractivity contribution is -0.131. The molecular weight excluding hydrogens is 180 g/mol. The number of hydrogen-bond acceptors (Lipinski definition) is 3. The van der Waals surface area contributed by atoms with Gasteiger partial charge in [-0.3, -0.25) is 4.79 Å². The molecular formula is C10H18N2O2. The zero-order valence-electron chi connectivity index (χ0n) is 8.95. The van der Waals surface area contributed by atoms with Crippen molar-refractivity contribution in [1.29, 1.82) is 5.26 Å². The van der Waals surface area contributed by atoms with Crippen LogP contribution in [0.1, 0.15) is 26.2 Å². The Morgan fingerprint density at radius 2 is 2.29 bits per heavy atom. The van der Waals surface area contributed by atoms with E-state index in [1.807, 2.05) is 13.0 Å². The van der Waals surface area contributed by atoms with Crippen molar-refractivity contribution >= 4 is 5.91 Å². The minimum absolute atomic E-state index is 0.111. The van der Waals surface area contributed by atoms with Crippen LogP contribution in [-0.4, -0.2) is 37.6 Å². The number of hydrogen-bond donors (Lipinski definition) is 0. The number of nitriles is 1. The Bertz CT molecular complexity index is 199. The molecule has 0 saturated carbocycles. The van der Waals surface area contributed by atoms with Gasteiger partial charge in [-0.1, -0.05) is 0 Å².